The number of amides is 1. The van der Waals surface area contributed by atoms with Crippen molar-refractivity contribution >= 4 is 11.9 Å². The van der Waals surface area contributed by atoms with Crippen LogP contribution in [0.3, 0.4) is 0 Å². The van der Waals surface area contributed by atoms with Gasteiger partial charge in [-0.05, 0) is 44.2 Å². The second kappa shape index (κ2) is 5.39. The molecule has 2 N–H and O–H groups in total. The Morgan fingerprint density at radius 2 is 2.05 bits per heavy atom. The number of fused-ring (bicyclic) bond motifs is 1. The van der Waals surface area contributed by atoms with Gasteiger partial charge >= 0.3 is 5.97 Å². The molecule has 0 aromatic heterocycles. The highest BCUT2D eigenvalue weighted by atomic mass is 16.5. The number of hydrogen-bond donors (Lipinski definition) is 2. The van der Waals surface area contributed by atoms with Gasteiger partial charge in [0.1, 0.15) is 0 Å². The zero-order valence-electron chi connectivity index (χ0n) is 13.0. The van der Waals surface area contributed by atoms with Gasteiger partial charge < -0.3 is 15.4 Å². The Labute approximate surface area is 130 Å². The minimum atomic E-state index is -1.09. The summed E-state index contributed by atoms with van der Waals surface area (Å²) in [6.45, 7) is 2.76. The number of carbonyl (C=O) groups is 2. The summed E-state index contributed by atoms with van der Waals surface area (Å²) >= 11 is 0. The molecule has 5 nitrogen and oxygen atoms in total. The molecule has 2 fully saturated rings. The number of nitrogens with one attached hydrogen (secondary N) is 2. The predicted molar refractivity (Wildman–Crippen MR) is 82.0 cm³/mol. The summed E-state index contributed by atoms with van der Waals surface area (Å²) in [5, 5.41) is 6.29. The van der Waals surface area contributed by atoms with Crippen molar-refractivity contribution in [3.05, 3.63) is 35.9 Å². The van der Waals surface area contributed by atoms with Gasteiger partial charge in [0.2, 0.25) is 5.91 Å². The zero-order chi connectivity index (χ0) is 15.8. The van der Waals surface area contributed by atoms with Crippen molar-refractivity contribution in [2.24, 2.45) is 5.92 Å². The molecular formula is C17H22N2O3. The Hall–Kier alpha value is -1.88. The molecule has 0 aliphatic carbocycles. The Morgan fingerprint density at radius 1 is 1.32 bits per heavy atom. The second-order valence-corrected chi connectivity index (χ2v) is 6.39. The molecule has 22 heavy (non-hydrogen) atoms. The molecule has 2 saturated heterocycles. The highest BCUT2D eigenvalue weighted by molar-refractivity contribution is 5.95. The first kappa shape index (κ1) is 15.0. The van der Waals surface area contributed by atoms with E-state index in [9.17, 15) is 9.59 Å². The molecule has 2 heterocycles. The van der Waals surface area contributed by atoms with E-state index in [0.29, 0.717) is 6.42 Å². The first-order valence-corrected chi connectivity index (χ1v) is 7.74. The quantitative estimate of drug-likeness (QED) is 0.809. The average Bonchev–Trinajstić information content (AvgIpc) is 2.55. The zero-order valence-corrected chi connectivity index (χ0v) is 13.0. The van der Waals surface area contributed by atoms with Crippen LogP contribution in [-0.4, -0.2) is 31.1 Å². The van der Waals surface area contributed by atoms with E-state index in [2.05, 4.69) is 10.6 Å². The number of carbonyl (C=O) groups excluding carboxylic acids is 2. The molecule has 1 aromatic rings. The smallest absolute Gasteiger partial charge is 0.336 e. The van der Waals surface area contributed by atoms with Gasteiger partial charge in [0.25, 0.3) is 0 Å². The van der Waals surface area contributed by atoms with Gasteiger partial charge in [0.05, 0.1) is 12.6 Å². The maximum Gasteiger partial charge on any atom is 0.336 e. The summed E-state index contributed by atoms with van der Waals surface area (Å²) in [5.74, 6) is -0.424. The normalized spacial score (nSPS) is 34.5. The van der Waals surface area contributed by atoms with E-state index in [4.69, 9.17) is 4.74 Å². The van der Waals surface area contributed by atoms with E-state index in [1.807, 2.05) is 37.3 Å². The minimum absolute atomic E-state index is 0.106. The van der Waals surface area contributed by atoms with E-state index in [1.165, 1.54) is 7.11 Å². The Bertz CT molecular complexity index is 589. The standard InChI is InChI=1S/C17H22N2O3/c1-16-13(9-6-10-18-16)11-17(15(21)22-2,19-14(16)20)12-7-4-3-5-8-12/h3-5,7-8,13,18H,6,9-11H2,1-2H3,(H,19,20)/t13-,16-,17+/m1/s1. The van der Waals surface area contributed by atoms with Gasteiger partial charge in [-0.3, -0.25) is 4.79 Å². The van der Waals surface area contributed by atoms with Crippen molar-refractivity contribution in [2.45, 2.75) is 37.3 Å². The third kappa shape index (κ3) is 2.11. The van der Waals surface area contributed by atoms with Gasteiger partial charge in [-0.15, -0.1) is 0 Å². The molecule has 118 valence electrons. The molecule has 5 heteroatoms. The fourth-order valence-corrected chi connectivity index (χ4v) is 3.78. The van der Waals surface area contributed by atoms with Crippen molar-refractivity contribution in [2.75, 3.05) is 13.7 Å². The molecule has 0 saturated carbocycles. The lowest BCUT2D eigenvalue weighted by atomic mass is 9.66. The van der Waals surface area contributed by atoms with Crippen LogP contribution in [-0.2, 0) is 19.9 Å². The van der Waals surface area contributed by atoms with Crippen LogP contribution in [0, 0.1) is 5.92 Å². The van der Waals surface area contributed by atoms with Crippen LogP contribution in [0.15, 0.2) is 30.3 Å². The fraction of sp³-hybridized carbons (Fsp3) is 0.529. The van der Waals surface area contributed by atoms with Crippen LogP contribution in [0.4, 0.5) is 0 Å². The van der Waals surface area contributed by atoms with Gasteiger partial charge in [-0.2, -0.15) is 0 Å². The Kier molecular flexibility index (Phi) is 3.68. The largest absolute Gasteiger partial charge is 0.467 e. The lowest BCUT2D eigenvalue weighted by molar-refractivity contribution is -0.159. The van der Waals surface area contributed by atoms with Crippen LogP contribution >= 0.6 is 0 Å². The lowest BCUT2D eigenvalue weighted by Gasteiger charge is -2.50. The van der Waals surface area contributed by atoms with Gasteiger partial charge in [0, 0.05) is 0 Å². The van der Waals surface area contributed by atoms with Gasteiger partial charge in [-0.1, -0.05) is 30.3 Å². The second-order valence-electron chi connectivity index (χ2n) is 6.39. The molecule has 0 unspecified atom stereocenters. The minimum Gasteiger partial charge on any atom is -0.467 e. The third-order valence-corrected chi connectivity index (χ3v) is 5.19. The fourth-order valence-electron chi connectivity index (χ4n) is 3.78. The average molecular weight is 302 g/mol. The molecular weight excluding hydrogens is 280 g/mol. The van der Waals surface area contributed by atoms with Gasteiger partial charge in [0.15, 0.2) is 5.54 Å². The van der Waals surface area contributed by atoms with E-state index in [-0.39, 0.29) is 11.8 Å². The van der Waals surface area contributed by atoms with E-state index in [0.717, 1.165) is 24.9 Å². The summed E-state index contributed by atoms with van der Waals surface area (Å²) in [7, 11) is 1.37. The van der Waals surface area contributed by atoms with Crippen LogP contribution in [0.25, 0.3) is 0 Å². The summed E-state index contributed by atoms with van der Waals surface area (Å²) < 4.78 is 5.03. The van der Waals surface area contributed by atoms with Crippen LogP contribution in [0.2, 0.25) is 0 Å². The molecule has 1 amide bonds. The topological polar surface area (TPSA) is 67.4 Å². The number of benzene rings is 1. The molecule has 0 spiro atoms. The van der Waals surface area contributed by atoms with Crippen molar-refractivity contribution in [3.63, 3.8) is 0 Å². The monoisotopic (exact) mass is 302 g/mol. The van der Waals surface area contributed by atoms with E-state index in [1.54, 1.807) is 0 Å². The van der Waals surface area contributed by atoms with Crippen LogP contribution in [0.1, 0.15) is 31.7 Å². The number of rotatable bonds is 2. The molecule has 3 rings (SSSR count). The summed E-state index contributed by atoms with van der Waals surface area (Å²) in [6.07, 6.45) is 2.50. The number of methoxy groups -OCH3 is 1. The van der Waals surface area contributed by atoms with Crippen molar-refractivity contribution in [1.82, 2.24) is 10.6 Å². The number of ether oxygens (including phenoxy) is 1. The molecule has 2 aliphatic rings. The molecule has 3 atom stereocenters. The maximum absolute atomic E-state index is 12.8. The Balaban J connectivity index is 2.05. The van der Waals surface area contributed by atoms with E-state index < -0.39 is 17.0 Å². The molecule has 0 bridgehead atoms. The summed E-state index contributed by atoms with van der Waals surface area (Å²) in [4.78, 5) is 25.3. The van der Waals surface area contributed by atoms with Crippen molar-refractivity contribution < 1.29 is 14.3 Å². The highest BCUT2D eigenvalue weighted by Crippen LogP contribution is 2.42. The van der Waals surface area contributed by atoms with Crippen LogP contribution in [0.5, 0.6) is 0 Å². The molecule has 2 aliphatic heterocycles. The molecule has 1 aromatic carbocycles. The number of hydrogen-bond acceptors (Lipinski definition) is 4. The predicted octanol–water partition coefficient (Wildman–Crippen LogP) is 1.33. The highest BCUT2D eigenvalue weighted by Gasteiger charge is 2.57. The van der Waals surface area contributed by atoms with Gasteiger partial charge in [-0.25, -0.2) is 4.79 Å². The number of piperidine rings is 2. The first-order chi connectivity index (χ1) is 10.5. The van der Waals surface area contributed by atoms with Crippen molar-refractivity contribution in [1.29, 1.82) is 0 Å². The van der Waals surface area contributed by atoms with Crippen LogP contribution < -0.4 is 10.6 Å². The maximum atomic E-state index is 12.8. The Morgan fingerprint density at radius 3 is 2.73 bits per heavy atom. The summed E-state index contributed by atoms with van der Waals surface area (Å²) in [5.41, 5.74) is -0.913. The first-order valence-electron chi connectivity index (χ1n) is 7.74. The SMILES string of the molecule is COC(=O)[C@@]1(c2ccccc2)C[C@H]2CCCN[C@@]2(C)C(=O)N1. The molecule has 0 radical (unpaired) electrons. The lowest BCUT2D eigenvalue weighted by Crippen LogP contribution is -2.72. The van der Waals surface area contributed by atoms with E-state index >= 15 is 0 Å². The third-order valence-electron chi connectivity index (χ3n) is 5.19. The van der Waals surface area contributed by atoms with Crippen molar-refractivity contribution in [3.8, 4) is 0 Å². The summed E-state index contributed by atoms with van der Waals surface area (Å²) in [6, 6.07) is 9.38. The number of esters is 1.